The predicted molar refractivity (Wildman–Crippen MR) is 125 cm³/mol. The zero-order valence-electron chi connectivity index (χ0n) is 19.4. The minimum Gasteiger partial charge on any atom is -0.508 e. The van der Waals surface area contributed by atoms with E-state index in [1.165, 1.54) is 24.0 Å². The number of aromatic hydroxyl groups is 1. The van der Waals surface area contributed by atoms with Crippen LogP contribution in [-0.4, -0.2) is 76.1 Å². The van der Waals surface area contributed by atoms with Gasteiger partial charge in [0.2, 0.25) is 17.7 Å². The average Bonchev–Trinajstić information content (AvgIpc) is 3.29. The van der Waals surface area contributed by atoms with E-state index in [-0.39, 0.29) is 18.1 Å². The predicted octanol–water partition coefficient (Wildman–Crippen LogP) is -0.544. The van der Waals surface area contributed by atoms with E-state index in [1.807, 2.05) is 0 Å². The van der Waals surface area contributed by atoms with Gasteiger partial charge in [-0.15, -0.1) is 0 Å². The van der Waals surface area contributed by atoms with Gasteiger partial charge in [0.05, 0.1) is 6.04 Å². The Hall–Kier alpha value is -3.18. The van der Waals surface area contributed by atoms with Crippen molar-refractivity contribution in [3.63, 3.8) is 0 Å². The van der Waals surface area contributed by atoms with Crippen LogP contribution in [0.2, 0.25) is 0 Å². The number of carboxylic acids is 1. The van der Waals surface area contributed by atoms with E-state index < -0.39 is 42.0 Å². The van der Waals surface area contributed by atoms with Gasteiger partial charge in [0.15, 0.2) is 0 Å². The molecule has 1 aromatic carbocycles. The molecule has 11 nitrogen and oxygen atoms in total. The number of hydrogen-bond acceptors (Lipinski definition) is 7. The molecule has 8 N–H and O–H groups in total. The first kappa shape index (κ1) is 27.1. The van der Waals surface area contributed by atoms with Gasteiger partial charge in [-0.25, -0.2) is 0 Å². The summed E-state index contributed by atoms with van der Waals surface area (Å²) in [7, 11) is 0. The monoisotopic (exact) mass is 477 g/mol. The molecule has 2 rings (SSSR count). The average molecular weight is 478 g/mol. The SMILES string of the molecule is CC(NC(=O)C(CCCCN)NC(=O)C1CCCN1C(=O)C(N)Cc1ccc(O)cc1)C(=O)O. The van der Waals surface area contributed by atoms with Crippen LogP contribution >= 0.6 is 0 Å². The summed E-state index contributed by atoms with van der Waals surface area (Å²) < 4.78 is 0. The van der Waals surface area contributed by atoms with E-state index in [1.54, 1.807) is 12.1 Å². The number of amides is 3. The maximum atomic E-state index is 13.1. The Kier molecular flexibility index (Phi) is 10.3. The lowest BCUT2D eigenvalue weighted by Crippen LogP contribution is -2.56. The number of unbranched alkanes of at least 4 members (excludes halogenated alkanes) is 1. The minimum absolute atomic E-state index is 0.114. The zero-order valence-corrected chi connectivity index (χ0v) is 19.4. The first-order chi connectivity index (χ1) is 16.1. The second-order valence-electron chi connectivity index (χ2n) is 8.58. The number of hydrogen-bond donors (Lipinski definition) is 6. The number of phenolic OH excluding ortho intramolecular Hbond substituents is 1. The van der Waals surface area contributed by atoms with Crippen molar-refractivity contribution < 1.29 is 29.4 Å². The van der Waals surface area contributed by atoms with Gasteiger partial charge in [-0.2, -0.15) is 0 Å². The molecule has 3 amide bonds. The fourth-order valence-corrected chi connectivity index (χ4v) is 3.89. The van der Waals surface area contributed by atoms with Crippen LogP contribution < -0.4 is 22.1 Å². The van der Waals surface area contributed by atoms with Gasteiger partial charge in [-0.1, -0.05) is 12.1 Å². The van der Waals surface area contributed by atoms with Crippen LogP contribution in [0, 0.1) is 0 Å². The highest BCUT2D eigenvalue weighted by atomic mass is 16.4. The molecule has 1 aliphatic heterocycles. The highest BCUT2D eigenvalue weighted by molar-refractivity contribution is 5.94. The van der Waals surface area contributed by atoms with Crippen LogP contribution in [0.25, 0.3) is 0 Å². The van der Waals surface area contributed by atoms with E-state index >= 15 is 0 Å². The molecule has 34 heavy (non-hydrogen) atoms. The molecule has 1 heterocycles. The zero-order chi connectivity index (χ0) is 25.3. The Bertz CT molecular complexity index is 862. The highest BCUT2D eigenvalue weighted by Crippen LogP contribution is 2.20. The third kappa shape index (κ3) is 7.70. The van der Waals surface area contributed by atoms with Crippen molar-refractivity contribution in [2.75, 3.05) is 13.1 Å². The standard InChI is InChI=1S/C23H35N5O6/c1-14(23(33)34)26-20(30)18(5-2-3-11-24)27-21(31)19-6-4-12-28(19)22(32)17(25)13-15-7-9-16(29)10-8-15/h7-10,14,17-19,29H,2-6,11-13,24-25H2,1H3,(H,26,30)(H,27,31)(H,33,34). The smallest absolute Gasteiger partial charge is 0.325 e. The molecule has 11 heteroatoms. The van der Waals surface area contributed by atoms with Crippen molar-refractivity contribution in [2.24, 2.45) is 11.5 Å². The van der Waals surface area contributed by atoms with E-state index in [4.69, 9.17) is 16.6 Å². The summed E-state index contributed by atoms with van der Waals surface area (Å²) in [6.45, 7) is 2.14. The molecule has 1 saturated heterocycles. The Morgan fingerprint density at radius 1 is 1.15 bits per heavy atom. The van der Waals surface area contributed by atoms with Crippen LogP contribution in [0.3, 0.4) is 0 Å². The third-order valence-corrected chi connectivity index (χ3v) is 5.86. The fraction of sp³-hybridized carbons (Fsp3) is 0.565. The largest absolute Gasteiger partial charge is 0.508 e. The van der Waals surface area contributed by atoms with Gasteiger partial charge < -0.3 is 37.2 Å². The van der Waals surface area contributed by atoms with E-state index in [0.717, 1.165) is 5.56 Å². The van der Waals surface area contributed by atoms with Crippen LogP contribution in [0.1, 0.15) is 44.6 Å². The van der Waals surface area contributed by atoms with Gasteiger partial charge in [0, 0.05) is 6.54 Å². The molecule has 1 aliphatic rings. The molecule has 1 aromatic rings. The van der Waals surface area contributed by atoms with E-state index in [0.29, 0.717) is 45.2 Å². The number of phenols is 1. The summed E-state index contributed by atoms with van der Waals surface area (Å²) in [5, 5.41) is 23.5. The number of nitrogens with two attached hydrogens (primary N) is 2. The van der Waals surface area contributed by atoms with Crippen molar-refractivity contribution in [3.05, 3.63) is 29.8 Å². The molecule has 0 radical (unpaired) electrons. The third-order valence-electron chi connectivity index (χ3n) is 5.86. The van der Waals surface area contributed by atoms with Crippen molar-refractivity contribution in [2.45, 2.75) is 69.6 Å². The Morgan fingerprint density at radius 3 is 2.44 bits per heavy atom. The van der Waals surface area contributed by atoms with Crippen LogP contribution in [0.15, 0.2) is 24.3 Å². The summed E-state index contributed by atoms with van der Waals surface area (Å²) in [5.41, 5.74) is 12.4. The summed E-state index contributed by atoms with van der Waals surface area (Å²) in [6, 6.07) is 2.71. The summed E-state index contributed by atoms with van der Waals surface area (Å²) in [4.78, 5) is 51.2. The molecular formula is C23H35N5O6. The number of carboxylic acid groups (broad SMARTS) is 1. The van der Waals surface area contributed by atoms with Gasteiger partial charge in [-0.3, -0.25) is 19.2 Å². The molecule has 188 valence electrons. The van der Waals surface area contributed by atoms with Gasteiger partial charge in [-0.05, 0) is 69.7 Å². The first-order valence-electron chi connectivity index (χ1n) is 11.5. The van der Waals surface area contributed by atoms with Crippen LogP contribution in [0.4, 0.5) is 0 Å². The molecule has 0 aliphatic carbocycles. The Morgan fingerprint density at radius 2 is 1.82 bits per heavy atom. The molecular weight excluding hydrogens is 442 g/mol. The van der Waals surface area contributed by atoms with Gasteiger partial charge in [0.1, 0.15) is 23.9 Å². The molecule has 4 atom stereocenters. The van der Waals surface area contributed by atoms with Crippen molar-refractivity contribution >= 4 is 23.7 Å². The quantitative estimate of drug-likeness (QED) is 0.216. The molecule has 0 saturated carbocycles. The lowest BCUT2D eigenvalue weighted by atomic mass is 10.0. The van der Waals surface area contributed by atoms with Crippen LogP contribution in [0.5, 0.6) is 5.75 Å². The van der Waals surface area contributed by atoms with Crippen LogP contribution in [-0.2, 0) is 25.6 Å². The number of benzene rings is 1. The molecule has 0 aromatic heterocycles. The number of aliphatic carboxylic acids is 1. The van der Waals surface area contributed by atoms with Crippen molar-refractivity contribution in [3.8, 4) is 5.75 Å². The maximum absolute atomic E-state index is 13.1. The second kappa shape index (κ2) is 12.9. The number of rotatable bonds is 12. The normalized spacial score (nSPS) is 18.1. The van der Waals surface area contributed by atoms with Gasteiger partial charge >= 0.3 is 5.97 Å². The summed E-state index contributed by atoms with van der Waals surface area (Å²) in [6.07, 6.45) is 2.82. The Labute approximate surface area is 198 Å². The summed E-state index contributed by atoms with van der Waals surface area (Å²) in [5.74, 6) is -2.51. The molecule has 0 bridgehead atoms. The van der Waals surface area contributed by atoms with E-state index in [2.05, 4.69) is 10.6 Å². The molecule has 4 unspecified atom stereocenters. The fourth-order valence-electron chi connectivity index (χ4n) is 3.89. The lowest BCUT2D eigenvalue weighted by Gasteiger charge is -2.28. The molecule has 0 spiro atoms. The molecule has 1 fully saturated rings. The highest BCUT2D eigenvalue weighted by Gasteiger charge is 2.37. The number of carbonyl (C=O) groups is 4. The number of nitrogens with one attached hydrogen (secondary N) is 2. The second-order valence-corrected chi connectivity index (χ2v) is 8.58. The maximum Gasteiger partial charge on any atom is 0.325 e. The number of likely N-dealkylation sites (tertiary alicyclic amines) is 1. The first-order valence-corrected chi connectivity index (χ1v) is 11.5. The minimum atomic E-state index is -1.18. The van der Waals surface area contributed by atoms with Crippen molar-refractivity contribution in [1.82, 2.24) is 15.5 Å². The number of carbonyl (C=O) groups excluding carboxylic acids is 3. The topological polar surface area (TPSA) is 188 Å². The van der Waals surface area contributed by atoms with Crippen molar-refractivity contribution in [1.29, 1.82) is 0 Å². The van der Waals surface area contributed by atoms with Gasteiger partial charge in [0.25, 0.3) is 0 Å². The summed E-state index contributed by atoms with van der Waals surface area (Å²) >= 11 is 0. The lowest BCUT2D eigenvalue weighted by molar-refractivity contribution is -0.142. The Balaban J connectivity index is 2.04. The number of nitrogens with zero attached hydrogens (tertiary/aromatic N) is 1. The van der Waals surface area contributed by atoms with E-state index in [9.17, 15) is 24.3 Å².